The van der Waals surface area contributed by atoms with Crippen molar-refractivity contribution in [3.05, 3.63) is 84.3 Å². The number of hydrogen-bond donors (Lipinski definition) is 1. The minimum atomic E-state index is -0.966. The fourth-order valence-electron chi connectivity index (χ4n) is 2.94. The Hall–Kier alpha value is -3.65. The van der Waals surface area contributed by atoms with Gasteiger partial charge in [0, 0.05) is 15.4 Å². The lowest BCUT2D eigenvalue weighted by atomic mass is 10.2. The number of nitrogens with zero attached hydrogens (tertiary/aromatic N) is 3. The molecule has 4 rings (SSSR count). The highest BCUT2D eigenvalue weighted by atomic mass is 32.2. The van der Waals surface area contributed by atoms with Gasteiger partial charge in [-0.1, -0.05) is 41.2 Å². The second-order valence-corrected chi connectivity index (χ2v) is 7.38. The number of halogens is 1. The van der Waals surface area contributed by atoms with Crippen LogP contribution in [0.5, 0.6) is 5.75 Å². The van der Waals surface area contributed by atoms with Crippen molar-refractivity contribution in [3.8, 4) is 22.7 Å². The lowest BCUT2D eigenvalue weighted by molar-refractivity contribution is 0.0697. The van der Waals surface area contributed by atoms with E-state index in [1.165, 1.54) is 29.6 Å². The molecule has 0 aliphatic carbocycles. The molecule has 1 aromatic heterocycles. The smallest absolute Gasteiger partial charge is 0.335 e. The first-order valence-electron chi connectivity index (χ1n) is 8.92. The number of carboxylic acids is 1. The van der Waals surface area contributed by atoms with Crippen LogP contribution in [0.25, 0.3) is 16.9 Å². The van der Waals surface area contributed by atoms with E-state index in [1.807, 2.05) is 24.3 Å². The molecule has 0 fully saturated rings. The number of aromatic carboxylic acids is 1. The monoisotopic (exact) mass is 421 g/mol. The summed E-state index contributed by atoms with van der Waals surface area (Å²) in [5.74, 6) is -1.08. The number of aromatic nitrogens is 3. The van der Waals surface area contributed by atoms with Crippen molar-refractivity contribution in [2.24, 2.45) is 0 Å². The van der Waals surface area contributed by atoms with Crippen LogP contribution in [0.3, 0.4) is 0 Å². The van der Waals surface area contributed by atoms with Gasteiger partial charge in [0.1, 0.15) is 17.1 Å². The first-order chi connectivity index (χ1) is 14.6. The quantitative estimate of drug-likeness (QED) is 0.476. The van der Waals surface area contributed by atoms with Gasteiger partial charge in [0.2, 0.25) is 0 Å². The topological polar surface area (TPSA) is 77.2 Å². The zero-order valence-corrected chi connectivity index (χ0v) is 16.6. The van der Waals surface area contributed by atoms with E-state index in [0.29, 0.717) is 11.4 Å². The highest BCUT2D eigenvalue weighted by Crippen LogP contribution is 2.36. The summed E-state index contributed by atoms with van der Waals surface area (Å²) >= 11 is 1.48. The fourth-order valence-corrected chi connectivity index (χ4v) is 3.89. The van der Waals surface area contributed by atoms with Crippen LogP contribution in [-0.2, 0) is 0 Å². The molecule has 8 heteroatoms. The van der Waals surface area contributed by atoms with E-state index in [9.17, 15) is 9.18 Å². The third kappa shape index (κ3) is 3.90. The highest BCUT2D eigenvalue weighted by Gasteiger charge is 2.16. The Labute approximate surface area is 175 Å². The van der Waals surface area contributed by atoms with Crippen molar-refractivity contribution >= 4 is 17.7 Å². The minimum Gasteiger partial charge on any atom is -0.494 e. The molecular formula is C22H16FN3O3S. The predicted molar refractivity (Wildman–Crippen MR) is 111 cm³/mol. The average molecular weight is 421 g/mol. The normalized spacial score (nSPS) is 10.7. The van der Waals surface area contributed by atoms with Crippen LogP contribution in [0.15, 0.2) is 82.7 Å². The van der Waals surface area contributed by atoms with Gasteiger partial charge in [-0.2, -0.15) is 0 Å². The predicted octanol–water partition coefficient (Wildman–Crippen LogP) is 4.93. The molecule has 0 unspecified atom stereocenters. The van der Waals surface area contributed by atoms with Crippen LogP contribution in [0.2, 0.25) is 0 Å². The lowest BCUT2D eigenvalue weighted by Crippen LogP contribution is -2.01. The summed E-state index contributed by atoms with van der Waals surface area (Å²) < 4.78 is 21.0. The summed E-state index contributed by atoms with van der Waals surface area (Å²) in [7, 11) is 1.47. The fraction of sp³-hybridized carbons (Fsp3) is 0.0455. The molecule has 0 spiro atoms. The molecule has 0 aliphatic heterocycles. The summed E-state index contributed by atoms with van der Waals surface area (Å²) in [6.45, 7) is 0. The molecule has 0 radical (unpaired) electrons. The van der Waals surface area contributed by atoms with E-state index in [0.717, 1.165) is 15.4 Å². The molecule has 30 heavy (non-hydrogen) atoms. The van der Waals surface area contributed by atoms with Gasteiger partial charge in [-0.05, 0) is 42.5 Å². The van der Waals surface area contributed by atoms with Gasteiger partial charge in [-0.15, -0.1) is 5.10 Å². The summed E-state index contributed by atoms with van der Waals surface area (Å²) in [4.78, 5) is 12.8. The maximum atomic E-state index is 14.4. The van der Waals surface area contributed by atoms with E-state index < -0.39 is 11.8 Å². The third-order valence-corrected chi connectivity index (χ3v) is 5.47. The van der Waals surface area contributed by atoms with Crippen molar-refractivity contribution in [2.75, 3.05) is 7.11 Å². The number of carboxylic acid groups (broad SMARTS) is 1. The van der Waals surface area contributed by atoms with Gasteiger partial charge in [-0.25, -0.2) is 13.9 Å². The largest absolute Gasteiger partial charge is 0.494 e. The van der Waals surface area contributed by atoms with Crippen LogP contribution in [0, 0.1) is 5.82 Å². The lowest BCUT2D eigenvalue weighted by Gasteiger charge is -2.08. The minimum absolute atomic E-state index is 0.188. The average Bonchev–Trinajstić information content (AvgIpc) is 3.23. The molecule has 150 valence electrons. The standard InChI is InChI=1S/C22H16FN3O3S/c1-29-19-7-4-6-17(23)21(19)26-13-18(24-25-26)16-5-2-3-8-20(16)30-15-11-9-14(10-12-15)22(27)28/h2-13H,1H3,(H,27,28). The molecule has 0 amide bonds. The number of methoxy groups -OCH3 is 1. The van der Waals surface area contributed by atoms with Crippen molar-refractivity contribution in [1.29, 1.82) is 0 Å². The number of rotatable bonds is 6. The van der Waals surface area contributed by atoms with E-state index in [4.69, 9.17) is 9.84 Å². The summed E-state index contributed by atoms with van der Waals surface area (Å²) in [6.07, 6.45) is 1.65. The Morgan fingerprint density at radius 3 is 2.57 bits per heavy atom. The van der Waals surface area contributed by atoms with E-state index in [1.54, 1.807) is 42.6 Å². The van der Waals surface area contributed by atoms with Crippen molar-refractivity contribution in [2.45, 2.75) is 9.79 Å². The maximum absolute atomic E-state index is 14.4. The van der Waals surface area contributed by atoms with Crippen LogP contribution in [0.1, 0.15) is 10.4 Å². The number of hydrogen-bond acceptors (Lipinski definition) is 5. The van der Waals surface area contributed by atoms with Gasteiger partial charge in [0.05, 0.1) is 18.9 Å². The molecule has 3 aromatic carbocycles. The molecule has 1 heterocycles. The second-order valence-electron chi connectivity index (χ2n) is 6.27. The zero-order chi connectivity index (χ0) is 21.1. The van der Waals surface area contributed by atoms with Crippen LogP contribution >= 0.6 is 11.8 Å². The Balaban J connectivity index is 1.68. The summed E-state index contributed by atoms with van der Waals surface area (Å²) in [6, 6.07) is 18.8. The Morgan fingerprint density at radius 1 is 1.07 bits per heavy atom. The number of ether oxygens (including phenoxy) is 1. The van der Waals surface area contributed by atoms with Crippen LogP contribution in [0.4, 0.5) is 4.39 Å². The van der Waals surface area contributed by atoms with Gasteiger partial charge < -0.3 is 9.84 Å². The molecule has 0 atom stereocenters. The van der Waals surface area contributed by atoms with Gasteiger partial charge in [0.25, 0.3) is 0 Å². The Bertz CT molecular complexity index is 1210. The van der Waals surface area contributed by atoms with Gasteiger partial charge >= 0.3 is 5.97 Å². The summed E-state index contributed by atoms with van der Waals surface area (Å²) in [5.41, 5.74) is 1.82. The zero-order valence-electron chi connectivity index (χ0n) is 15.8. The number of para-hydroxylation sites is 1. The maximum Gasteiger partial charge on any atom is 0.335 e. The third-order valence-electron chi connectivity index (χ3n) is 4.38. The van der Waals surface area contributed by atoms with E-state index in [2.05, 4.69) is 10.3 Å². The van der Waals surface area contributed by atoms with Gasteiger partial charge in [0.15, 0.2) is 5.82 Å². The molecule has 1 N–H and O–H groups in total. The molecule has 4 aromatic rings. The van der Waals surface area contributed by atoms with Crippen molar-refractivity contribution in [1.82, 2.24) is 15.0 Å². The first-order valence-corrected chi connectivity index (χ1v) is 9.74. The SMILES string of the molecule is COc1cccc(F)c1-n1cc(-c2ccccc2Sc2ccc(C(=O)O)cc2)nn1. The summed E-state index contributed by atoms with van der Waals surface area (Å²) in [5, 5.41) is 17.4. The first kappa shape index (κ1) is 19.7. The van der Waals surface area contributed by atoms with Crippen molar-refractivity contribution in [3.63, 3.8) is 0 Å². The van der Waals surface area contributed by atoms with E-state index in [-0.39, 0.29) is 11.3 Å². The van der Waals surface area contributed by atoms with Crippen LogP contribution < -0.4 is 4.74 Å². The molecule has 6 nitrogen and oxygen atoms in total. The highest BCUT2D eigenvalue weighted by molar-refractivity contribution is 7.99. The molecule has 0 bridgehead atoms. The molecule has 0 saturated carbocycles. The molecular weight excluding hydrogens is 405 g/mol. The van der Waals surface area contributed by atoms with Crippen LogP contribution in [-0.4, -0.2) is 33.2 Å². The number of carbonyl (C=O) groups is 1. The van der Waals surface area contributed by atoms with Crippen molar-refractivity contribution < 1.29 is 19.0 Å². The van der Waals surface area contributed by atoms with E-state index >= 15 is 0 Å². The Morgan fingerprint density at radius 2 is 1.83 bits per heavy atom. The molecule has 0 saturated heterocycles. The molecule has 0 aliphatic rings. The van der Waals surface area contributed by atoms with Gasteiger partial charge in [-0.3, -0.25) is 0 Å². The Kier molecular flexibility index (Phi) is 5.49. The second kappa shape index (κ2) is 8.38. The number of benzene rings is 3.